The second kappa shape index (κ2) is 7.18. The predicted molar refractivity (Wildman–Crippen MR) is 90.0 cm³/mol. The fraction of sp³-hybridized carbons (Fsp3) is 0.611. The third-order valence-corrected chi connectivity index (χ3v) is 5.54. The van der Waals surface area contributed by atoms with Gasteiger partial charge in [0.15, 0.2) is 0 Å². The van der Waals surface area contributed by atoms with Gasteiger partial charge in [-0.15, -0.1) is 0 Å². The maximum Gasteiger partial charge on any atom is 0.222 e. The summed E-state index contributed by atoms with van der Waals surface area (Å²) in [6.45, 7) is 6.08. The summed E-state index contributed by atoms with van der Waals surface area (Å²) in [5, 5.41) is 0.543. The molecule has 2 aliphatic heterocycles. The van der Waals surface area contributed by atoms with Gasteiger partial charge in [0.1, 0.15) is 5.82 Å². The molecule has 2 saturated heterocycles. The van der Waals surface area contributed by atoms with Crippen molar-refractivity contribution < 1.29 is 9.18 Å². The first-order valence-corrected chi connectivity index (χ1v) is 8.86. The molecule has 23 heavy (non-hydrogen) atoms. The molecular formula is C18H24ClFN2O. The Bertz CT molecular complexity index is 593. The maximum atomic E-state index is 14.1. The van der Waals surface area contributed by atoms with Gasteiger partial charge < -0.3 is 4.90 Å². The highest BCUT2D eigenvalue weighted by molar-refractivity contribution is 6.32. The Morgan fingerprint density at radius 1 is 1.30 bits per heavy atom. The van der Waals surface area contributed by atoms with Crippen LogP contribution in [-0.4, -0.2) is 41.9 Å². The minimum absolute atomic E-state index is 0.225. The molecule has 0 aromatic heterocycles. The Morgan fingerprint density at radius 2 is 2.13 bits per heavy atom. The monoisotopic (exact) mass is 338 g/mol. The van der Waals surface area contributed by atoms with Crippen LogP contribution < -0.4 is 0 Å². The lowest BCUT2D eigenvalue weighted by molar-refractivity contribution is -0.128. The highest BCUT2D eigenvalue weighted by Crippen LogP contribution is 2.27. The van der Waals surface area contributed by atoms with Crippen LogP contribution in [0, 0.1) is 18.7 Å². The minimum atomic E-state index is -0.225. The Kier molecular flexibility index (Phi) is 5.22. The fourth-order valence-electron chi connectivity index (χ4n) is 3.74. The Hall–Kier alpha value is -1.13. The van der Waals surface area contributed by atoms with E-state index >= 15 is 0 Å². The van der Waals surface area contributed by atoms with E-state index in [1.165, 1.54) is 6.07 Å². The zero-order chi connectivity index (χ0) is 16.4. The van der Waals surface area contributed by atoms with Crippen LogP contribution in [-0.2, 0) is 11.3 Å². The highest BCUT2D eigenvalue weighted by Gasteiger charge is 2.27. The van der Waals surface area contributed by atoms with Crippen LogP contribution >= 0.6 is 11.6 Å². The number of halogens is 2. The lowest BCUT2D eigenvalue weighted by atomic mass is 9.96. The number of hydrogen-bond acceptors (Lipinski definition) is 2. The topological polar surface area (TPSA) is 23.6 Å². The van der Waals surface area contributed by atoms with E-state index in [0.717, 1.165) is 51.0 Å². The first-order valence-electron chi connectivity index (χ1n) is 8.48. The maximum absolute atomic E-state index is 14.1. The van der Waals surface area contributed by atoms with Crippen molar-refractivity contribution in [3.63, 3.8) is 0 Å². The molecule has 1 amide bonds. The van der Waals surface area contributed by atoms with Crippen molar-refractivity contribution in [3.05, 3.63) is 34.1 Å². The first kappa shape index (κ1) is 16.7. The molecule has 0 unspecified atom stereocenters. The van der Waals surface area contributed by atoms with Gasteiger partial charge in [0, 0.05) is 38.2 Å². The zero-order valence-electron chi connectivity index (χ0n) is 13.7. The molecule has 1 atom stereocenters. The highest BCUT2D eigenvalue weighted by atomic mass is 35.5. The summed E-state index contributed by atoms with van der Waals surface area (Å²) in [4.78, 5) is 16.1. The van der Waals surface area contributed by atoms with E-state index < -0.39 is 0 Å². The molecule has 2 heterocycles. The number of likely N-dealkylation sites (tertiary alicyclic amines) is 2. The van der Waals surface area contributed by atoms with E-state index in [-0.39, 0.29) is 11.7 Å². The van der Waals surface area contributed by atoms with Crippen LogP contribution in [0.2, 0.25) is 5.02 Å². The average Bonchev–Trinajstić information content (AvgIpc) is 2.93. The number of nitrogens with zero attached hydrogens (tertiary/aromatic N) is 2. The van der Waals surface area contributed by atoms with Gasteiger partial charge in [0.05, 0.1) is 5.02 Å². The number of amides is 1. The SMILES string of the molecule is Cc1ccc(F)c(CN2CCC[C@H](CN3CCCC3=O)C2)c1Cl. The van der Waals surface area contributed by atoms with Gasteiger partial charge in [-0.2, -0.15) is 0 Å². The molecule has 0 radical (unpaired) electrons. The van der Waals surface area contributed by atoms with E-state index in [9.17, 15) is 9.18 Å². The minimum Gasteiger partial charge on any atom is -0.342 e. The largest absolute Gasteiger partial charge is 0.342 e. The van der Waals surface area contributed by atoms with Crippen molar-refractivity contribution in [1.82, 2.24) is 9.80 Å². The van der Waals surface area contributed by atoms with Crippen molar-refractivity contribution in [3.8, 4) is 0 Å². The van der Waals surface area contributed by atoms with Crippen LogP contribution in [0.3, 0.4) is 0 Å². The van der Waals surface area contributed by atoms with Crippen LogP contribution in [0.25, 0.3) is 0 Å². The smallest absolute Gasteiger partial charge is 0.222 e. The van der Waals surface area contributed by atoms with Crippen LogP contribution in [0.15, 0.2) is 12.1 Å². The molecule has 0 bridgehead atoms. The molecular weight excluding hydrogens is 315 g/mol. The van der Waals surface area contributed by atoms with E-state index in [1.807, 2.05) is 11.8 Å². The van der Waals surface area contributed by atoms with E-state index in [4.69, 9.17) is 11.6 Å². The van der Waals surface area contributed by atoms with E-state index in [0.29, 0.717) is 29.5 Å². The molecule has 5 heteroatoms. The van der Waals surface area contributed by atoms with Crippen LogP contribution in [0.5, 0.6) is 0 Å². The Labute approximate surface area is 142 Å². The van der Waals surface area contributed by atoms with Gasteiger partial charge in [-0.3, -0.25) is 9.69 Å². The molecule has 0 saturated carbocycles. The molecule has 126 valence electrons. The zero-order valence-corrected chi connectivity index (χ0v) is 14.4. The quantitative estimate of drug-likeness (QED) is 0.837. The van der Waals surface area contributed by atoms with E-state index in [1.54, 1.807) is 6.07 Å². The summed E-state index contributed by atoms with van der Waals surface area (Å²) in [5.41, 5.74) is 1.52. The number of benzene rings is 1. The fourth-order valence-corrected chi connectivity index (χ4v) is 3.95. The normalized spacial score (nSPS) is 22.8. The summed E-state index contributed by atoms with van der Waals surface area (Å²) in [7, 11) is 0. The molecule has 1 aromatic carbocycles. The van der Waals surface area contributed by atoms with Gasteiger partial charge in [-0.05, 0) is 50.3 Å². The number of carbonyl (C=O) groups excluding carboxylic acids is 1. The number of piperidine rings is 1. The third-order valence-electron chi connectivity index (χ3n) is 5.01. The number of hydrogen-bond donors (Lipinski definition) is 0. The average molecular weight is 339 g/mol. The summed E-state index contributed by atoms with van der Waals surface area (Å²) in [6, 6.07) is 3.22. The molecule has 0 spiro atoms. The predicted octanol–water partition coefficient (Wildman–Crippen LogP) is 3.62. The van der Waals surface area contributed by atoms with E-state index in [2.05, 4.69) is 4.90 Å². The van der Waals surface area contributed by atoms with Crippen molar-refractivity contribution in [2.24, 2.45) is 5.92 Å². The standard InChI is InChI=1S/C18H24ClFN2O/c1-13-6-7-16(20)15(18(13)19)12-21-8-2-4-14(10-21)11-22-9-3-5-17(22)23/h6-7,14H,2-5,8-12H2,1H3/t14-/m0/s1. The van der Waals surface area contributed by atoms with Gasteiger partial charge in [-0.25, -0.2) is 4.39 Å². The van der Waals surface area contributed by atoms with Crippen LogP contribution in [0.1, 0.15) is 36.8 Å². The van der Waals surface area contributed by atoms with Crippen LogP contribution in [0.4, 0.5) is 4.39 Å². The Balaban J connectivity index is 1.63. The summed E-state index contributed by atoms with van der Waals surface area (Å²) in [5.74, 6) is 0.546. The summed E-state index contributed by atoms with van der Waals surface area (Å²) >= 11 is 6.29. The lowest BCUT2D eigenvalue weighted by Gasteiger charge is -2.35. The third kappa shape index (κ3) is 3.86. The van der Waals surface area contributed by atoms with Crippen molar-refractivity contribution in [2.45, 2.75) is 39.2 Å². The van der Waals surface area contributed by atoms with Crippen molar-refractivity contribution >= 4 is 17.5 Å². The molecule has 2 fully saturated rings. The second-order valence-corrected chi connectivity index (χ2v) is 7.22. The molecule has 0 N–H and O–H groups in total. The number of carbonyl (C=O) groups is 1. The molecule has 0 aliphatic carbocycles. The summed E-state index contributed by atoms with van der Waals surface area (Å²) < 4.78 is 14.1. The summed E-state index contributed by atoms with van der Waals surface area (Å²) in [6.07, 6.45) is 3.92. The van der Waals surface area contributed by atoms with Crippen molar-refractivity contribution in [1.29, 1.82) is 0 Å². The van der Waals surface area contributed by atoms with Gasteiger partial charge in [-0.1, -0.05) is 17.7 Å². The van der Waals surface area contributed by atoms with Gasteiger partial charge in [0.2, 0.25) is 5.91 Å². The first-order chi connectivity index (χ1) is 11.0. The molecule has 2 aliphatic rings. The molecule has 3 rings (SSSR count). The Morgan fingerprint density at radius 3 is 2.87 bits per heavy atom. The van der Waals surface area contributed by atoms with Crippen molar-refractivity contribution in [2.75, 3.05) is 26.2 Å². The number of rotatable bonds is 4. The molecule has 3 nitrogen and oxygen atoms in total. The second-order valence-electron chi connectivity index (χ2n) is 6.84. The molecule has 1 aromatic rings. The van der Waals surface area contributed by atoms with Gasteiger partial charge in [0.25, 0.3) is 0 Å². The lowest BCUT2D eigenvalue weighted by Crippen LogP contribution is -2.41. The number of aryl methyl sites for hydroxylation is 1. The van der Waals surface area contributed by atoms with Gasteiger partial charge >= 0.3 is 0 Å².